The van der Waals surface area contributed by atoms with Crippen molar-refractivity contribution in [1.29, 1.82) is 5.26 Å². The Labute approximate surface area is 67.5 Å². The van der Waals surface area contributed by atoms with E-state index in [1.807, 2.05) is 6.07 Å². The summed E-state index contributed by atoms with van der Waals surface area (Å²) in [6.07, 6.45) is 4.44. The highest BCUT2D eigenvalue weighted by molar-refractivity contribution is 5.40. The number of nitriles is 1. The lowest BCUT2D eigenvalue weighted by molar-refractivity contribution is 0.952. The quantitative estimate of drug-likeness (QED) is 0.629. The van der Waals surface area contributed by atoms with Crippen molar-refractivity contribution in [1.82, 2.24) is 25.0 Å². The van der Waals surface area contributed by atoms with E-state index in [1.165, 1.54) is 18.9 Å². The zero-order valence-corrected chi connectivity index (χ0v) is 5.97. The van der Waals surface area contributed by atoms with Gasteiger partial charge in [0.15, 0.2) is 5.82 Å². The van der Waals surface area contributed by atoms with Crippen LogP contribution < -0.4 is 0 Å². The maximum Gasteiger partial charge on any atom is 0.153 e. The summed E-state index contributed by atoms with van der Waals surface area (Å²) in [5.41, 5.74) is 0.467. The minimum Gasteiger partial charge on any atom is -0.271 e. The maximum absolute atomic E-state index is 8.64. The van der Waals surface area contributed by atoms with E-state index >= 15 is 0 Å². The predicted octanol–water partition coefficient (Wildman–Crippen LogP) is -0.138. The Bertz CT molecular complexity index is 405. The van der Waals surface area contributed by atoms with Gasteiger partial charge in [-0.1, -0.05) is 0 Å². The van der Waals surface area contributed by atoms with Gasteiger partial charge in [-0.2, -0.15) is 10.4 Å². The zero-order chi connectivity index (χ0) is 8.39. The van der Waals surface area contributed by atoms with Crippen LogP contribution >= 0.6 is 0 Å². The second-order valence-electron chi connectivity index (χ2n) is 2.11. The van der Waals surface area contributed by atoms with Crippen LogP contribution in [0.3, 0.4) is 0 Å². The molecule has 0 unspecified atom stereocenters. The molecule has 2 heterocycles. The topological polar surface area (TPSA) is 83.2 Å². The van der Waals surface area contributed by atoms with Gasteiger partial charge in [0.25, 0.3) is 0 Å². The van der Waals surface area contributed by atoms with E-state index in [4.69, 9.17) is 5.26 Å². The van der Waals surface area contributed by atoms with E-state index in [0.717, 1.165) is 0 Å². The maximum atomic E-state index is 8.64. The highest BCUT2D eigenvalue weighted by atomic mass is 15.3. The number of rotatable bonds is 1. The first-order valence-corrected chi connectivity index (χ1v) is 3.20. The predicted molar refractivity (Wildman–Crippen MR) is 38.2 cm³/mol. The standard InChI is InChI=1S/C6H4N6/c7-1-5-2-8-11-6(5)12-3-9-10-4-12/h2-4H,(H,8,11). The number of aromatic amines is 1. The highest BCUT2D eigenvalue weighted by Gasteiger charge is 2.04. The summed E-state index contributed by atoms with van der Waals surface area (Å²) in [6.45, 7) is 0. The van der Waals surface area contributed by atoms with Crippen LogP contribution in [0.1, 0.15) is 5.56 Å². The van der Waals surface area contributed by atoms with Crippen LogP contribution in [0.25, 0.3) is 5.82 Å². The molecule has 0 aliphatic heterocycles. The van der Waals surface area contributed by atoms with Gasteiger partial charge in [0.05, 0.1) is 6.20 Å². The lowest BCUT2D eigenvalue weighted by atomic mass is 10.4. The van der Waals surface area contributed by atoms with Crippen molar-refractivity contribution in [2.75, 3.05) is 0 Å². The fraction of sp³-hybridized carbons (Fsp3) is 0. The number of aromatic nitrogens is 5. The monoisotopic (exact) mass is 160 g/mol. The molecule has 0 atom stereocenters. The molecule has 0 aromatic carbocycles. The Morgan fingerprint density at radius 2 is 2.17 bits per heavy atom. The molecule has 6 nitrogen and oxygen atoms in total. The van der Waals surface area contributed by atoms with Crippen molar-refractivity contribution >= 4 is 0 Å². The summed E-state index contributed by atoms with van der Waals surface area (Å²) >= 11 is 0. The van der Waals surface area contributed by atoms with Gasteiger partial charge in [0.2, 0.25) is 0 Å². The number of nitrogens with one attached hydrogen (secondary N) is 1. The summed E-state index contributed by atoms with van der Waals surface area (Å²) in [5.74, 6) is 0.586. The molecule has 12 heavy (non-hydrogen) atoms. The summed E-state index contributed by atoms with van der Waals surface area (Å²) in [7, 11) is 0. The number of H-pyrrole nitrogens is 1. The molecule has 1 N–H and O–H groups in total. The van der Waals surface area contributed by atoms with Gasteiger partial charge in [0, 0.05) is 0 Å². The Hall–Kier alpha value is -2.16. The zero-order valence-electron chi connectivity index (χ0n) is 5.97. The molecule has 0 aliphatic rings. The van der Waals surface area contributed by atoms with Crippen molar-refractivity contribution in [3.63, 3.8) is 0 Å². The van der Waals surface area contributed by atoms with E-state index < -0.39 is 0 Å². The van der Waals surface area contributed by atoms with Gasteiger partial charge in [0.1, 0.15) is 24.3 Å². The Morgan fingerprint density at radius 3 is 2.83 bits per heavy atom. The summed E-state index contributed by atoms with van der Waals surface area (Å²) in [6, 6.07) is 1.99. The van der Waals surface area contributed by atoms with Crippen molar-refractivity contribution in [2.24, 2.45) is 0 Å². The highest BCUT2D eigenvalue weighted by Crippen LogP contribution is 2.06. The summed E-state index contributed by atoms with van der Waals surface area (Å²) in [5, 5.41) is 22.3. The van der Waals surface area contributed by atoms with Crippen LogP contribution in [0.15, 0.2) is 18.9 Å². The van der Waals surface area contributed by atoms with E-state index in [9.17, 15) is 0 Å². The van der Waals surface area contributed by atoms with Crippen molar-refractivity contribution in [3.8, 4) is 11.9 Å². The third-order valence-corrected chi connectivity index (χ3v) is 1.42. The molecular weight excluding hydrogens is 156 g/mol. The van der Waals surface area contributed by atoms with Gasteiger partial charge in [-0.3, -0.25) is 9.67 Å². The molecule has 2 rings (SSSR count). The molecule has 0 fully saturated rings. The normalized spacial score (nSPS) is 9.58. The molecule has 0 aliphatic carbocycles. The molecule has 0 radical (unpaired) electrons. The average Bonchev–Trinajstić information content (AvgIpc) is 2.74. The molecule has 2 aromatic heterocycles. The van der Waals surface area contributed by atoms with Crippen LogP contribution in [-0.2, 0) is 0 Å². The third-order valence-electron chi connectivity index (χ3n) is 1.42. The number of hydrogen-bond donors (Lipinski definition) is 1. The second-order valence-corrected chi connectivity index (χ2v) is 2.11. The Morgan fingerprint density at radius 1 is 1.42 bits per heavy atom. The Kier molecular flexibility index (Phi) is 1.35. The van der Waals surface area contributed by atoms with Crippen molar-refractivity contribution < 1.29 is 0 Å². The van der Waals surface area contributed by atoms with Gasteiger partial charge < -0.3 is 0 Å². The molecule has 2 aromatic rings. The molecular formula is C6H4N6. The first-order valence-electron chi connectivity index (χ1n) is 3.20. The minimum absolute atomic E-state index is 0.467. The van der Waals surface area contributed by atoms with E-state index in [2.05, 4.69) is 20.4 Å². The molecule has 0 spiro atoms. The fourth-order valence-corrected chi connectivity index (χ4v) is 0.874. The molecule has 0 amide bonds. The fourth-order valence-electron chi connectivity index (χ4n) is 0.874. The van der Waals surface area contributed by atoms with E-state index in [0.29, 0.717) is 11.4 Å². The molecule has 6 heteroatoms. The lowest BCUT2D eigenvalue weighted by Gasteiger charge is -1.93. The second kappa shape index (κ2) is 2.47. The van der Waals surface area contributed by atoms with Crippen LogP contribution in [-0.4, -0.2) is 25.0 Å². The number of nitrogens with zero attached hydrogens (tertiary/aromatic N) is 5. The first kappa shape index (κ1) is 6.54. The van der Waals surface area contributed by atoms with E-state index in [-0.39, 0.29) is 0 Å². The molecule has 0 saturated carbocycles. The largest absolute Gasteiger partial charge is 0.271 e. The first-order chi connectivity index (χ1) is 5.92. The van der Waals surface area contributed by atoms with Gasteiger partial charge in [-0.15, -0.1) is 10.2 Å². The number of hydrogen-bond acceptors (Lipinski definition) is 4. The molecule has 0 saturated heterocycles. The Balaban J connectivity index is 2.55. The average molecular weight is 160 g/mol. The van der Waals surface area contributed by atoms with Crippen LogP contribution in [0.4, 0.5) is 0 Å². The minimum atomic E-state index is 0.467. The smallest absolute Gasteiger partial charge is 0.153 e. The van der Waals surface area contributed by atoms with Gasteiger partial charge in [-0.05, 0) is 0 Å². The lowest BCUT2D eigenvalue weighted by Crippen LogP contribution is -1.92. The van der Waals surface area contributed by atoms with Crippen molar-refractivity contribution in [2.45, 2.75) is 0 Å². The summed E-state index contributed by atoms with van der Waals surface area (Å²) in [4.78, 5) is 0. The van der Waals surface area contributed by atoms with Crippen molar-refractivity contribution in [3.05, 3.63) is 24.4 Å². The van der Waals surface area contributed by atoms with Crippen LogP contribution in [0.2, 0.25) is 0 Å². The molecule has 0 bridgehead atoms. The summed E-state index contributed by atoms with van der Waals surface area (Å²) < 4.78 is 1.59. The van der Waals surface area contributed by atoms with Crippen LogP contribution in [0.5, 0.6) is 0 Å². The molecule has 58 valence electrons. The van der Waals surface area contributed by atoms with Gasteiger partial charge in [-0.25, -0.2) is 0 Å². The van der Waals surface area contributed by atoms with E-state index in [1.54, 1.807) is 4.57 Å². The third kappa shape index (κ3) is 0.845. The SMILES string of the molecule is N#Cc1cn[nH]c1-n1cnnc1. The van der Waals surface area contributed by atoms with Gasteiger partial charge >= 0.3 is 0 Å². The van der Waals surface area contributed by atoms with Crippen LogP contribution in [0, 0.1) is 11.3 Å².